The summed E-state index contributed by atoms with van der Waals surface area (Å²) < 4.78 is 1.88. The van der Waals surface area contributed by atoms with Crippen molar-refractivity contribution in [3.05, 3.63) is 53.9 Å². The van der Waals surface area contributed by atoms with Gasteiger partial charge in [0.25, 0.3) is 0 Å². The van der Waals surface area contributed by atoms with Crippen LogP contribution in [0.3, 0.4) is 0 Å². The van der Waals surface area contributed by atoms with Gasteiger partial charge in [-0.3, -0.25) is 4.79 Å². The summed E-state index contributed by atoms with van der Waals surface area (Å²) in [7, 11) is 1.91. The van der Waals surface area contributed by atoms with E-state index in [1.807, 2.05) is 36.0 Å². The number of para-hydroxylation sites is 1. The molecule has 92 valence electrons. The van der Waals surface area contributed by atoms with Crippen molar-refractivity contribution in [2.45, 2.75) is 6.42 Å². The number of ketones is 1. The van der Waals surface area contributed by atoms with Crippen molar-refractivity contribution in [2.75, 3.05) is 18.0 Å². The van der Waals surface area contributed by atoms with E-state index in [0.717, 1.165) is 18.7 Å². The number of carbonyl (C=O) groups is 1. The molecule has 2 aromatic rings. The van der Waals surface area contributed by atoms with Crippen molar-refractivity contribution in [3.8, 4) is 0 Å². The number of fused-ring (bicyclic) bond motifs is 1. The molecule has 0 radical (unpaired) electrons. The lowest BCUT2D eigenvalue weighted by molar-refractivity contribution is 0.0992. The quantitative estimate of drug-likeness (QED) is 0.769. The number of carbonyl (C=O) groups excluding carboxylic acids is 1. The minimum Gasteiger partial charge on any atom is -0.363 e. The summed E-state index contributed by atoms with van der Waals surface area (Å²) in [5.74, 6) is 0.180. The molecule has 2 heterocycles. The summed E-state index contributed by atoms with van der Waals surface area (Å²) in [6.07, 6.45) is 2.95. The van der Waals surface area contributed by atoms with Gasteiger partial charge in [-0.15, -0.1) is 0 Å². The first kappa shape index (κ1) is 11.1. The summed E-state index contributed by atoms with van der Waals surface area (Å²) in [6, 6.07) is 12.1. The predicted octanol–water partition coefficient (Wildman–Crippen LogP) is 2.27. The Kier molecular flexibility index (Phi) is 2.67. The van der Waals surface area contributed by atoms with Crippen LogP contribution in [0.25, 0.3) is 0 Å². The highest BCUT2D eigenvalue weighted by Crippen LogP contribution is 2.27. The topological polar surface area (TPSA) is 25.2 Å². The smallest absolute Gasteiger partial charge is 0.198 e. The van der Waals surface area contributed by atoms with Gasteiger partial charge in [0, 0.05) is 25.5 Å². The van der Waals surface area contributed by atoms with Crippen LogP contribution in [0.1, 0.15) is 16.1 Å². The molecule has 1 aromatic carbocycles. The maximum atomic E-state index is 12.2. The first-order chi connectivity index (χ1) is 8.75. The fraction of sp³-hybridized carbons (Fsp3) is 0.267. The largest absolute Gasteiger partial charge is 0.363 e. The third kappa shape index (κ3) is 1.82. The minimum atomic E-state index is 0.180. The number of hydrogen-bond donors (Lipinski definition) is 0. The third-order valence-corrected chi connectivity index (χ3v) is 3.55. The van der Waals surface area contributed by atoms with Crippen LogP contribution in [-0.2, 0) is 13.5 Å². The summed E-state index contributed by atoms with van der Waals surface area (Å²) in [5.41, 5.74) is 3.33. The Morgan fingerprint density at radius 3 is 2.83 bits per heavy atom. The van der Waals surface area contributed by atoms with E-state index in [4.69, 9.17) is 0 Å². The molecular weight excluding hydrogens is 224 g/mol. The van der Waals surface area contributed by atoms with E-state index in [1.165, 1.54) is 11.3 Å². The Bertz CT molecular complexity index is 586. The maximum absolute atomic E-state index is 12.2. The molecule has 3 rings (SSSR count). The lowest BCUT2D eigenvalue weighted by atomic mass is 10.2. The van der Waals surface area contributed by atoms with Crippen LogP contribution in [0.15, 0.2) is 42.6 Å². The molecule has 0 bridgehead atoms. The molecule has 0 unspecified atom stereocenters. The van der Waals surface area contributed by atoms with E-state index >= 15 is 0 Å². The van der Waals surface area contributed by atoms with Gasteiger partial charge in [-0.2, -0.15) is 0 Å². The Morgan fingerprint density at radius 1 is 1.22 bits per heavy atom. The second kappa shape index (κ2) is 4.33. The van der Waals surface area contributed by atoms with E-state index in [1.54, 1.807) is 0 Å². The zero-order valence-electron chi connectivity index (χ0n) is 10.5. The predicted molar refractivity (Wildman–Crippen MR) is 72.1 cm³/mol. The second-order valence-electron chi connectivity index (χ2n) is 4.73. The third-order valence-electron chi connectivity index (χ3n) is 3.55. The van der Waals surface area contributed by atoms with Gasteiger partial charge in [-0.25, -0.2) is 0 Å². The molecule has 0 N–H and O–H groups in total. The van der Waals surface area contributed by atoms with Crippen LogP contribution in [-0.4, -0.2) is 23.4 Å². The van der Waals surface area contributed by atoms with Crippen molar-refractivity contribution in [2.24, 2.45) is 7.05 Å². The molecular formula is C15H16N2O. The Labute approximate surface area is 107 Å². The van der Waals surface area contributed by atoms with Crippen LogP contribution in [0, 0.1) is 0 Å². The molecule has 0 saturated heterocycles. The number of anilines is 1. The molecule has 3 nitrogen and oxygen atoms in total. The molecule has 0 amide bonds. The lowest BCUT2D eigenvalue weighted by Gasteiger charge is -2.18. The highest BCUT2D eigenvalue weighted by atomic mass is 16.1. The number of Topliss-reactive ketones (excluding diaryl/α,β-unsaturated/α-hetero) is 1. The zero-order valence-corrected chi connectivity index (χ0v) is 10.5. The first-order valence-electron chi connectivity index (χ1n) is 6.23. The second-order valence-corrected chi connectivity index (χ2v) is 4.73. The number of nitrogens with zero attached hydrogens (tertiary/aromatic N) is 2. The van der Waals surface area contributed by atoms with E-state index in [-0.39, 0.29) is 5.78 Å². The monoisotopic (exact) mass is 240 g/mol. The normalized spacial score (nSPS) is 13.7. The van der Waals surface area contributed by atoms with Crippen LogP contribution in [0.4, 0.5) is 5.69 Å². The molecule has 1 aromatic heterocycles. The van der Waals surface area contributed by atoms with Gasteiger partial charge in [-0.05, 0) is 30.2 Å². The summed E-state index contributed by atoms with van der Waals surface area (Å²) >= 11 is 0. The molecule has 18 heavy (non-hydrogen) atoms. The van der Waals surface area contributed by atoms with Crippen molar-refractivity contribution in [1.29, 1.82) is 0 Å². The molecule has 1 aliphatic rings. The number of benzene rings is 1. The highest BCUT2D eigenvalue weighted by Gasteiger charge is 2.21. The molecule has 0 saturated carbocycles. The molecule has 3 heteroatoms. The lowest BCUT2D eigenvalue weighted by Crippen LogP contribution is -2.28. The maximum Gasteiger partial charge on any atom is 0.198 e. The van der Waals surface area contributed by atoms with Gasteiger partial charge in [0.15, 0.2) is 5.78 Å². The summed E-state index contributed by atoms with van der Waals surface area (Å²) in [6.45, 7) is 1.41. The van der Waals surface area contributed by atoms with Crippen LogP contribution in [0.2, 0.25) is 0 Å². The van der Waals surface area contributed by atoms with Crippen LogP contribution < -0.4 is 4.90 Å². The fourth-order valence-electron chi connectivity index (χ4n) is 2.58. The number of rotatable bonds is 3. The fourth-order valence-corrected chi connectivity index (χ4v) is 2.58. The van der Waals surface area contributed by atoms with E-state index in [2.05, 4.69) is 23.1 Å². The van der Waals surface area contributed by atoms with Crippen molar-refractivity contribution in [1.82, 2.24) is 4.57 Å². The Hall–Kier alpha value is -2.03. The van der Waals surface area contributed by atoms with E-state index in [9.17, 15) is 4.79 Å². The van der Waals surface area contributed by atoms with Gasteiger partial charge in [0.2, 0.25) is 0 Å². The molecule has 1 aliphatic heterocycles. The van der Waals surface area contributed by atoms with Gasteiger partial charge < -0.3 is 9.47 Å². The number of aryl methyl sites for hydroxylation is 1. The SMILES string of the molecule is Cn1cccc1C(=O)CN1CCc2ccccc21. The summed E-state index contributed by atoms with van der Waals surface area (Å²) in [4.78, 5) is 14.4. The van der Waals surface area contributed by atoms with Crippen molar-refractivity contribution < 1.29 is 4.79 Å². The van der Waals surface area contributed by atoms with Gasteiger partial charge in [0.1, 0.15) is 0 Å². The van der Waals surface area contributed by atoms with Crippen LogP contribution >= 0.6 is 0 Å². The Balaban J connectivity index is 1.79. The average molecular weight is 240 g/mol. The molecule has 0 aliphatic carbocycles. The number of hydrogen-bond acceptors (Lipinski definition) is 2. The average Bonchev–Trinajstić information content (AvgIpc) is 2.97. The molecule has 0 spiro atoms. The van der Waals surface area contributed by atoms with Gasteiger partial charge >= 0.3 is 0 Å². The standard InChI is InChI=1S/C15H16N2O/c1-16-9-4-7-14(16)15(18)11-17-10-8-12-5-2-3-6-13(12)17/h2-7,9H,8,10-11H2,1H3. The van der Waals surface area contributed by atoms with Crippen molar-refractivity contribution >= 4 is 11.5 Å². The zero-order chi connectivity index (χ0) is 12.5. The van der Waals surface area contributed by atoms with E-state index < -0.39 is 0 Å². The molecule has 0 fully saturated rings. The highest BCUT2D eigenvalue weighted by molar-refractivity contribution is 5.98. The van der Waals surface area contributed by atoms with Crippen molar-refractivity contribution in [3.63, 3.8) is 0 Å². The van der Waals surface area contributed by atoms with Gasteiger partial charge in [-0.1, -0.05) is 18.2 Å². The number of aromatic nitrogens is 1. The first-order valence-corrected chi connectivity index (χ1v) is 6.23. The van der Waals surface area contributed by atoms with E-state index in [0.29, 0.717) is 6.54 Å². The Morgan fingerprint density at radius 2 is 2.06 bits per heavy atom. The minimum absolute atomic E-state index is 0.180. The summed E-state index contributed by atoms with van der Waals surface area (Å²) in [5, 5.41) is 0. The van der Waals surface area contributed by atoms with Gasteiger partial charge in [0.05, 0.1) is 12.2 Å². The van der Waals surface area contributed by atoms with Crippen LogP contribution in [0.5, 0.6) is 0 Å². The molecule has 0 atom stereocenters.